The Balaban J connectivity index is 1.41. The van der Waals surface area contributed by atoms with E-state index in [9.17, 15) is 5.11 Å². The lowest BCUT2D eigenvalue weighted by atomic mass is 9.78. The molecule has 6 nitrogen and oxygen atoms in total. The molecule has 0 aliphatic carbocycles. The molecule has 0 radical (unpaired) electrons. The predicted octanol–water partition coefficient (Wildman–Crippen LogP) is 3.92. The summed E-state index contributed by atoms with van der Waals surface area (Å²) in [6, 6.07) is 17.4. The van der Waals surface area contributed by atoms with Crippen molar-refractivity contribution in [2.24, 2.45) is 0 Å². The molecule has 0 unspecified atom stereocenters. The monoisotopic (exact) mass is 405 g/mol. The number of aromatic hydroxyl groups is 1. The first kappa shape index (κ1) is 20.2. The summed E-state index contributed by atoms with van der Waals surface area (Å²) in [5, 5.41) is 9.54. The van der Waals surface area contributed by atoms with Crippen molar-refractivity contribution >= 4 is 5.95 Å². The minimum absolute atomic E-state index is 0.175. The molecular formula is C24H27N3O3. The normalized spacial score (nSPS) is 14.5. The number of phenols is 1. The van der Waals surface area contributed by atoms with Crippen LogP contribution in [-0.2, 0) is 16.8 Å². The Bertz CT molecular complexity index is 966. The van der Waals surface area contributed by atoms with E-state index in [2.05, 4.69) is 40.8 Å². The van der Waals surface area contributed by atoms with Gasteiger partial charge in [0.15, 0.2) is 0 Å². The molecule has 0 saturated carbocycles. The summed E-state index contributed by atoms with van der Waals surface area (Å²) in [4.78, 5) is 11.1. The molecule has 0 amide bonds. The van der Waals surface area contributed by atoms with Gasteiger partial charge in [-0.05, 0) is 41.5 Å². The van der Waals surface area contributed by atoms with E-state index in [-0.39, 0.29) is 11.2 Å². The zero-order valence-corrected chi connectivity index (χ0v) is 17.4. The molecule has 1 fully saturated rings. The average molecular weight is 405 g/mol. The number of hydrogen-bond acceptors (Lipinski definition) is 6. The quantitative estimate of drug-likeness (QED) is 0.670. The largest absolute Gasteiger partial charge is 0.508 e. The molecule has 2 heterocycles. The third kappa shape index (κ3) is 4.54. The maximum Gasteiger partial charge on any atom is 0.225 e. The number of nitrogens with zero attached hydrogens (tertiary/aromatic N) is 3. The molecule has 0 spiro atoms. The van der Waals surface area contributed by atoms with Crippen LogP contribution in [0, 0.1) is 0 Å². The van der Waals surface area contributed by atoms with Crippen LogP contribution in [0.5, 0.6) is 11.5 Å². The van der Waals surface area contributed by atoms with E-state index in [4.69, 9.17) is 9.47 Å². The van der Waals surface area contributed by atoms with Crippen molar-refractivity contribution in [1.29, 1.82) is 0 Å². The molecule has 3 aromatic rings. The molecule has 0 atom stereocenters. The molecule has 1 N–H and O–H groups in total. The number of rotatable bonds is 6. The van der Waals surface area contributed by atoms with Gasteiger partial charge in [0, 0.05) is 24.7 Å². The average Bonchev–Trinajstić information content (AvgIpc) is 2.79. The van der Waals surface area contributed by atoms with Gasteiger partial charge in [0.25, 0.3) is 0 Å². The Labute approximate surface area is 177 Å². The van der Waals surface area contributed by atoms with E-state index in [1.54, 1.807) is 18.3 Å². The second-order valence-corrected chi connectivity index (χ2v) is 7.93. The highest BCUT2D eigenvalue weighted by Gasteiger charge is 2.23. The second-order valence-electron chi connectivity index (χ2n) is 7.93. The molecule has 156 valence electrons. The van der Waals surface area contributed by atoms with Crippen LogP contribution in [0.25, 0.3) is 0 Å². The highest BCUT2D eigenvalue weighted by atomic mass is 16.5. The topological polar surface area (TPSA) is 67.7 Å². The van der Waals surface area contributed by atoms with Gasteiger partial charge in [0.05, 0.1) is 18.9 Å². The van der Waals surface area contributed by atoms with E-state index >= 15 is 0 Å². The third-order valence-electron chi connectivity index (χ3n) is 5.55. The lowest BCUT2D eigenvalue weighted by Gasteiger charge is -2.27. The first-order chi connectivity index (χ1) is 14.5. The molecule has 1 aliphatic rings. The molecule has 4 rings (SSSR count). The van der Waals surface area contributed by atoms with Crippen LogP contribution in [0.1, 0.15) is 30.7 Å². The van der Waals surface area contributed by atoms with Crippen molar-refractivity contribution in [3.63, 3.8) is 0 Å². The zero-order valence-electron chi connectivity index (χ0n) is 17.4. The van der Waals surface area contributed by atoms with Crippen LogP contribution in [0.2, 0.25) is 0 Å². The van der Waals surface area contributed by atoms with Crippen molar-refractivity contribution < 1.29 is 14.6 Å². The molecule has 30 heavy (non-hydrogen) atoms. The van der Waals surface area contributed by atoms with Crippen molar-refractivity contribution in [2.45, 2.75) is 25.9 Å². The fraction of sp³-hybridized carbons (Fsp3) is 0.333. The van der Waals surface area contributed by atoms with Gasteiger partial charge in [-0.3, -0.25) is 0 Å². The maximum absolute atomic E-state index is 9.54. The number of hydrogen-bond donors (Lipinski definition) is 1. The molecule has 6 heteroatoms. The Morgan fingerprint density at radius 3 is 2.27 bits per heavy atom. The van der Waals surface area contributed by atoms with Crippen molar-refractivity contribution in [1.82, 2.24) is 9.97 Å². The number of phenolic OH excluding ortho intramolecular Hbond substituents is 1. The number of benzene rings is 2. The van der Waals surface area contributed by atoms with Crippen LogP contribution in [-0.4, -0.2) is 41.4 Å². The van der Waals surface area contributed by atoms with E-state index < -0.39 is 0 Å². The fourth-order valence-electron chi connectivity index (χ4n) is 3.55. The number of aromatic nitrogens is 2. The minimum Gasteiger partial charge on any atom is -0.508 e. The van der Waals surface area contributed by atoms with Crippen LogP contribution in [0.4, 0.5) is 5.95 Å². The SMILES string of the molecule is CC(C)(c1ccc(O)cc1)c1ccc(OCc2ccnc(N3CCOCC3)n2)cc1. The van der Waals surface area contributed by atoms with E-state index in [0.717, 1.165) is 36.0 Å². The highest BCUT2D eigenvalue weighted by molar-refractivity contribution is 5.41. The van der Waals surface area contributed by atoms with Crippen LogP contribution in [0.3, 0.4) is 0 Å². The van der Waals surface area contributed by atoms with Crippen molar-refractivity contribution in [3.05, 3.63) is 77.6 Å². The summed E-state index contributed by atoms with van der Waals surface area (Å²) in [7, 11) is 0. The van der Waals surface area contributed by atoms with Gasteiger partial charge in [-0.25, -0.2) is 9.97 Å². The van der Waals surface area contributed by atoms with Gasteiger partial charge in [-0.2, -0.15) is 0 Å². The van der Waals surface area contributed by atoms with Crippen LogP contribution in [0.15, 0.2) is 60.8 Å². The molecule has 1 aromatic heterocycles. The Morgan fingerprint density at radius 2 is 1.60 bits per heavy atom. The summed E-state index contributed by atoms with van der Waals surface area (Å²) < 4.78 is 11.3. The smallest absolute Gasteiger partial charge is 0.225 e. The Kier molecular flexibility index (Phi) is 5.86. The lowest BCUT2D eigenvalue weighted by molar-refractivity contribution is 0.122. The van der Waals surface area contributed by atoms with Gasteiger partial charge < -0.3 is 19.5 Å². The second kappa shape index (κ2) is 8.71. The number of ether oxygens (including phenoxy) is 2. The molecule has 0 bridgehead atoms. The first-order valence-corrected chi connectivity index (χ1v) is 10.2. The first-order valence-electron chi connectivity index (χ1n) is 10.2. The summed E-state index contributed by atoms with van der Waals surface area (Å²) in [5.74, 6) is 1.80. The van der Waals surface area contributed by atoms with Gasteiger partial charge in [0.1, 0.15) is 18.1 Å². The zero-order chi connectivity index (χ0) is 21.0. The molecule has 1 saturated heterocycles. The standard InChI is InChI=1S/C24H27N3O3/c1-24(2,18-3-7-21(28)8-4-18)19-5-9-22(10-6-19)30-17-20-11-12-25-23(26-20)27-13-15-29-16-14-27/h3-12,28H,13-17H2,1-2H3. The van der Waals surface area contributed by atoms with Crippen molar-refractivity contribution in [2.75, 3.05) is 31.2 Å². The predicted molar refractivity (Wildman–Crippen MR) is 116 cm³/mol. The number of morpholine rings is 1. The molecular weight excluding hydrogens is 378 g/mol. The van der Waals surface area contributed by atoms with Crippen LogP contribution >= 0.6 is 0 Å². The summed E-state index contributed by atoms with van der Waals surface area (Å²) >= 11 is 0. The van der Waals surface area contributed by atoms with E-state index in [1.807, 2.05) is 30.3 Å². The third-order valence-corrected chi connectivity index (χ3v) is 5.55. The summed E-state index contributed by atoms with van der Waals surface area (Å²) in [5.41, 5.74) is 2.99. The Hall–Kier alpha value is -3.12. The lowest BCUT2D eigenvalue weighted by Crippen LogP contribution is -2.37. The van der Waals surface area contributed by atoms with Gasteiger partial charge in [-0.1, -0.05) is 38.1 Å². The summed E-state index contributed by atoms with van der Waals surface area (Å²) in [6.45, 7) is 7.76. The van der Waals surface area contributed by atoms with Crippen LogP contribution < -0.4 is 9.64 Å². The minimum atomic E-state index is -0.175. The summed E-state index contributed by atoms with van der Waals surface area (Å²) in [6.07, 6.45) is 1.78. The fourth-order valence-corrected chi connectivity index (χ4v) is 3.55. The van der Waals surface area contributed by atoms with Gasteiger partial charge in [0.2, 0.25) is 5.95 Å². The van der Waals surface area contributed by atoms with E-state index in [0.29, 0.717) is 19.8 Å². The number of anilines is 1. The van der Waals surface area contributed by atoms with Crippen molar-refractivity contribution in [3.8, 4) is 11.5 Å². The maximum atomic E-state index is 9.54. The molecule has 1 aliphatic heterocycles. The van der Waals surface area contributed by atoms with Gasteiger partial charge >= 0.3 is 0 Å². The highest BCUT2D eigenvalue weighted by Crippen LogP contribution is 2.33. The van der Waals surface area contributed by atoms with Gasteiger partial charge in [-0.15, -0.1) is 0 Å². The molecule has 2 aromatic carbocycles. The Morgan fingerprint density at radius 1 is 0.967 bits per heavy atom. The van der Waals surface area contributed by atoms with E-state index in [1.165, 1.54) is 5.56 Å².